The maximum absolute atomic E-state index is 10.0. The number of aliphatic hydroxyl groups excluding tert-OH is 2. The number of ether oxygens (including phenoxy) is 3. The topological polar surface area (TPSA) is 68.2 Å². The van der Waals surface area contributed by atoms with E-state index in [1.807, 2.05) is 30.3 Å². The Hall–Kier alpha value is 0.0719. The first-order valence-corrected chi connectivity index (χ1v) is 6.33. The maximum Gasteiger partial charge on any atom is 0.184 e. The first kappa shape index (κ1) is 16.4. The summed E-state index contributed by atoms with van der Waals surface area (Å²) in [7, 11) is 0. The van der Waals surface area contributed by atoms with E-state index in [9.17, 15) is 10.2 Å². The molecular formula is C14H17O5U-. The maximum atomic E-state index is 10.0. The van der Waals surface area contributed by atoms with E-state index in [0.717, 1.165) is 5.56 Å². The number of hydrogen-bond donors (Lipinski definition) is 2. The van der Waals surface area contributed by atoms with E-state index in [4.69, 9.17) is 14.2 Å². The summed E-state index contributed by atoms with van der Waals surface area (Å²) in [5.41, 5.74) is -0.0915. The molecule has 3 rings (SSSR count). The third-order valence-electron chi connectivity index (χ3n) is 3.63. The SMILES string of the molecule is OCC12COC(c3ccccc3)OC1C(O)[CH-]CO2.[U]. The molecule has 2 N–H and O–H groups in total. The van der Waals surface area contributed by atoms with Crippen LogP contribution in [0.2, 0.25) is 0 Å². The summed E-state index contributed by atoms with van der Waals surface area (Å²) in [5.74, 6) is 0. The molecule has 5 nitrogen and oxygen atoms in total. The molecule has 108 valence electrons. The smallest absolute Gasteiger partial charge is 0.184 e. The predicted octanol–water partition coefficient (Wildman–Crippen LogP) is 0.427. The van der Waals surface area contributed by atoms with Gasteiger partial charge in [-0.15, -0.1) is 0 Å². The van der Waals surface area contributed by atoms with Crippen LogP contribution in [-0.4, -0.2) is 47.8 Å². The number of rotatable bonds is 2. The third kappa shape index (κ3) is 2.98. The molecule has 2 fully saturated rings. The monoisotopic (exact) mass is 503 g/mol. The third-order valence-corrected chi connectivity index (χ3v) is 3.63. The van der Waals surface area contributed by atoms with E-state index in [-0.39, 0.29) is 50.9 Å². The molecule has 4 unspecified atom stereocenters. The van der Waals surface area contributed by atoms with Crippen molar-refractivity contribution in [3.05, 3.63) is 42.3 Å². The van der Waals surface area contributed by atoms with Gasteiger partial charge in [0.2, 0.25) is 0 Å². The van der Waals surface area contributed by atoms with Crippen LogP contribution in [0.15, 0.2) is 30.3 Å². The molecular weight excluding hydrogens is 486 g/mol. The van der Waals surface area contributed by atoms with Gasteiger partial charge in [-0.25, -0.2) is 0 Å². The summed E-state index contributed by atoms with van der Waals surface area (Å²) < 4.78 is 17.0. The van der Waals surface area contributed by atoms with E-state index in [0.29, 0.717) is 0 Å². The first-order valence-electron chi connectivity index (χ1n) is 6.33. The zero-order valence-electron chi connectivity index (χ0n) is 10.9. The Morgan fingerprint density at radius 2 is 2.05 bits per heavy atom. The second-order valence-corrected chi connectivity index (χ2v) is 4.87. The molecule has 0 saturated carbocycles. The predicted molar refractivity (Wildman–Crippen MR) is 66.1 cm³/mol. The molecule has 0 spiro atoms. The van der Waals surface area contributed by atoms with Crippen molar-refractivity contribution in [3.8, 4) is 0 Å². The zero-order chi connectivity index (χ0) is 13.3. The minimum absolute atomic E-state index is 0. The number of aliphatic hydroxyl groups is 2. The fourth-order valence-corrected chi connectivity index (χ4v) is 2.51. The van der Waals surface area contributed by atoms with E-state index in [1.54, 1.807) is 6.42 Å². The van der Waals surface area contributed by atoms with Crippen LogP contribution in [-0.2, 0) is 14.2 Å². The minimum Gasteiger partial charge on any atom is -0.422 e. The molecule has 20 heavy (non-hydrogen) atoms. The molecule has 1 aromatic rings. The van der Waals surface area contributed by atoms with Crippen molar-refractivity contribution in [2.45, 2.75) is 24.1 Å². The standard InChI is InChI=1S/C14H17O5.U/c15-8-14-9-17-13(10-4-2-1-3-5-10)19-12(14)11(16)6-7-18-14;/h1-6,11-13,15-16H,7-9H2;/q-1;. The van der Waals surface area contributed by atoms with Crippen LogP contribution in [0.5, 0.6) is 0 Å². The molecule has 1 aromatic carbocycles. The van der Waals surface area contributed by atoms with Crippen molar-refractivity contribution in [1.82, 2.24) is 0 Å². The normalized spacial score (nSPS) is 36.8. The van der Waals surface area contributed by atoms with Gasteiger partial charge in [0, 0.05) is 36.7 Å². The number of hydrogen-bond acceptors (Lipinski definition) is 5. The van der Waals surface area contributed by atoms with Crippen LogP contribution in [0.4, 0.5) is 0 Å². The van der Waals surface area contributed by atoms with Crippen LogP contribution in [0, 0.1) is 37.5 Å². The molecule has 0 aromatic heterocycles. The molecule has 0 radical (unpaired) electrons. The van der Waals surface area contributed by atoms with Crippen molar-refractivity contribution < 1.29 is 55.5 Å². The van der Waals surface area contributed by atoms with Crippen LogP contribution >= 0.6 is 0 Å². The van der Waals surface area contributed by atoms with Crippen molar-refractivity contribution >= 4 is 0 Å². The fraction of sp³-hybridized carbons (Fsp3) is 0.500. The molecule has 2 saturated heterocycles. The van der Waals surface area contributed by atoms with Gasteiger partial charge in [-0.1, -0.05) is 36.9 Å². The van der Waals surface area contributed by atoms with Crippen molar-refractivity contribution in [3.63, 3.8) is 0 Å². The average molecular weight is 503 g/mol. The summed E-state index contributed by atoms with van der Waals surface area (Å²) in [6, 6.07) is 9.51. The van der Waals surface area contributed by atoms with Gasteiger partial charge in [0.1, 0.15) is 5.60 Å². The fourth-order valence-electron chi connectivity index (χ4n) is 2.51. The van der Waals surface area contributed by atoms with Crippen LogP contribution in [0.25, 0.3) is 0 Å². The minimum atomic E-state index is -0.973. The first-order chi connectivity index (χ1) is 9.25. The summed E-state index contributed by atoms with van der Waals surface area (Å²) in [5, 5.41) is 19.6. The average Bonchev–Trinajstić information content (AvgIpc) is 2.48. The van der Waals surface area contributed by atoms with Gasteiger partial charge < -0.3 is 24.4 Å². The van der Waals surface area contributed by atoms with E-state index in [2.05, 4.69) is 0 Å². The van der Waals surface area contributed by atoms with Crippen molar-refractivity contribution in [2.24, 2.45) is 0 Å². The van der Waals surface area contributed by atoms with Crippen LogP contribution in [0.3, 0.4) is 0 Å². The largest absolute Gasteiger partial charge is 0.422 e. The number of benzene rings is 1. The van der Waals surface area contributed by atoms with E-state index >= 15 is 0 Å². The number of fused-ring (bicyclic) bond motifs is 1. The molecule has 4 atom stereocenters. The Balaban J connectivity index is 0.00000147. The Bertz CT molecular complexity index is 429. The Kier molecular flexibility index (Phi) is 5.66. The Labute approximate surface area is 141 Å². The molecule has 0 aliphatic carbocycles. The van der Waals surface area contributed by atoms with Crippen molar-refractivity contribution in [1.29, 1.82) is 0 Å². The van der Waals surface area contributed by atoms with Gasteiger partial charge in [-0.05, 0) is 6.10 Å². The summed E-state index contributed by atoms with van der Waals surface area (Å²) in [6.45, 7) is 0.226. The zero-order valence-corrected chi connectivity index (χ0v) is 15.1. The Morgan fingerprint density at radius 3 is 2.75 bits per heavy atom. The van der Waals surface area contributed by atoms with Crippen LogP contribution in [0.1, 0.15) is 11.9 Å². The second-order valence-electron chi connectivity index (χ2n) is 4.87. The van der Waals surface area contributed by atoms with Crippen molar-refractivity contribution in [2.75, 3.05) is 19.8 Å². The van der Waals surface area contributed by atoms with E-state index in [1.165, 1.54) is 0 Å². The molecule has 6 heteroatoms. The summed E-state index contributed by atoms with van der Waals surface area (Å²) in [6.07, 6.45) is -0.303. The van der Waals surface area contributed by atoms with Gasteiger partial charge in [-0.2, -0.15) is 0 Å². The van der Waals surface area contributed by atoms with Gasteiger partial charge in [0.25, 0.3) is 0 Å². The summed E-state index contributed by atoms with van der Waals surface area (Å²) >= 11 is 0. The van der Waals surface area contributed by atoms with Gasteiger partial charge in [-0.3, -0.25) is 6.42 Å². The molecule has 2 aliphatic heterocycles. The second kappa shape index (κ2) is 6.89. The van der Waals surface area contributed by atoms with Crippen LogP contribution < -0.4 is 0 Å². The van der Waals surface area contributed by atoms with Gasteiger partial charge >= 0.3 is 0 Å². The molecule has 2 aliphatic rings. The quantitative estimate of drug-likeness (QED) is 0.574. The van der Waals surface area contributed by atoms with Gasteiger partial charge in [0.15, 0.2) is 6.29 Å². The Morgan fingerprint density at radius 1 is 1.30 bits per heavy atom. The molecule has 0 amide bonds. The van der Waals surface area contributed by atoms with E-state index < -0.39 is 24.1 Å². The van der Waals surface area contributed by atoms with Gasteiger partial charge in [0.05, 0.1) is 19.3 Å². The molecule has 2 heterocycles. The molecule has 0 bridgehead atoms. The summed E-state index contributed by atoms with van der Waals surface area (Å²) in [4.78, 5) is 0.